The number of nitrogens with one attached hydrogen (secondary N) is 2. The number of carbonyl (C=O) groups excluding carboxylic acids is 3. The summed E-state index contributed by atoms with van der Waals surface area (Å²) in [5, 5.41) is 25.7. The Kier molecular flexibility index (Phi) is 11.9. The summed E-state index contributed by atoms with van der Waals surface area (Å²) in [6.07, 6.45) is -0.618. The molecule has 1 saturated heterocycles. The number of benzene rings is 1. The first kappa shape index (κ1) is 37.9. The second kappa shape index (κ2) is 15.7. The smallest absolute Gasteiger partial charge is 0.374 e. The number of nitrogen functional groups attached to an aromatic ring is 1. The molecule has 5 rings (SSSR count). The lowest BCUT2D eigenvalue weighted by Crippen LogP contribution is -2.71. The maximum absolute atomic E-state index is 13.2. The molecule has 1 aromatic carbocycles. The van der Waals surface area contributed by atoms with Crippen molar-refractivity contribution in [3.8, 4) is 0 Å². The van der Waals surface area contributed by atoms with Gasteiger partial charge in [-0.1, -0.05) is 65.8 Å². The number of fused-ring (bicyclic) bond motifs is 1. The van der Waals surface area contributed by atoms with E-state index in [0.717, 1.165) is 45.5 Å². The van der Waals surface area contributed by atoms with Crippen molar-refractivity contribution in [2.24, 2.45) is 15.6 Å². The summed E-state index contributed by atoms with van der Waals surface area (Å²) in [5.74, 6) is -4.06. The molecule has 3 atom stereocenters. The zero-order valence-electron chi connectivity index (χ0n) is 27.4. The third kappa shape index (κ3) is 8.26. The van der Waals surface area contributed by atoms with Gasteiger partial charge in [-0.05, 0) is 26.3 Å². The highest BCUT2D eigenvalue weighted by molar-refractivity contribution is 8.04. The molecule has 0 radical (unpaired) electrons. The average molecular weight is 747 g/mol. The van der Waals surface area contributed by atoms with Gasteiger partial charge in [0.2, 0.25) is 5.84 Å². The number of oxime groups is 1. The maximum Gasteiger partial charge on any atom is 0.374 e. The zero-order valence-corrected chi connectivity index (χ0v) is 29.9. The first-order valence-electron chi connectivity index (χ1n) is 14.5. The number of rotatable bonds is 10. The van der Waals surface area contributed by atoms with Crippen molar-refractivity contribution in [3.05, 3.63) is 69.7 Å². The summed E-state index contributed by atoms with van der Waals surface area (Å²) in [6.45, 7) is 9.04. The fourth-order valence-corrected chi connectivity index (χ4v) is 7.29. The fourth-order valence-electron chi connectivity index (χ4n) is 4.37. The number of esters is 1. The standard InChI is InChI=1S/C25H24N8O7S3.C5H10O2/c1-11-13(9-42-33-19(12-7-5-4-6-8-12)29-18(30-33)24(38)39-2)17(23(36)37)32-21(35)16(22(32)43-11)28-20(34)15(31-40-3)14-10-41-25(26)27-14;1-5(2,3)4(6)7/h4-8,10,16,19,22H,1,9H2,2-3H3,(H2,26,27)(H,28,34)(H,29,30)(H,36,37);1-3H3,(H,6,7)/b31-15-;/t16-,19?,22-;/m1./s1. The molecule has 0 bridgehead atoms. The lowest BCUT2D eigenvalue weighted by atomic mass is 9.98. The minimum Gasteiger partial charge on any atom is -0.481 e. The average Bonchev–Trinajstić information content (AvgIpc) is 3.71. The number of nitrogens with two attached hydrogens (primary N) is 1. The molecule has 0 aliphatic carbocycles. The summed E-state index contributed by atoms with van der Waals surface area (Å²) in [7, 11) is 2.50. The van der Waals surface area contributed by atoms with E-state index in [1.807, 2.05) is 30.3 Å². The van der Waals surface area contributed by atoms with Gasteiger partial charge in [-0.15, -0.1) is 15.8 Å². The molecule has 3 aliphatic rings. The Morgan fingerprint density at radius 2 is 1.84 bits per heavy atom. The minimum atomic E-state index is -1.33. The predicted molar refractivity (Wildman–Crippen MR) is 187 cm³/mol. The number of hydrogen-bond donors (Lipinski definition) is 5. The van der Waals surface area contributed by atoms with Crippen LogP contribution in [0.2, 0.25) is 0 Å². The Morgan fingerprint density at radius 3 is 2.38 bits per heavy atom. The molecular formula is C30H34N8O9S3. The largest absolute Gasteiger partial charge is 0.481 e. The van der Waals surface area contributed by atoms with Gasteiger partial charge in [0.1, 0.15) is 29.9 Å². The number of anilines is 1. The van der Waals surface area contributed by atoms with Crippen LogP contribution < -0.4 is 16.5 Å². The molecule has 50 heavy (non-hydrogen) atoms. The van der Waals surface area contributed by atoms with Crippen LogP contribution in [-0.4, -0.2) is 97.2 Å². The van der Waals surface area contributed by atoms with Crippen molar-refractivity contribution in [3.63, 3.8) is 0 Å². The minimum absolute atomic E-state index is 0.0126. The number of aliphatic imine (C=N–C) groups is 1. The van der Waals surface area contributed by atoms with Crippen LogP contribution in [0.4, 0.5) is 5.13 Å². The fraction of sp³-hybridized carbons (Fsp3) is 0.333. The van der Waals surface area contributed by atoms with Crippen molar-refractivity contribution in [2.45, 2.75) is 38.4 Å². The molecule has 1 unspecified atom stereocenters. The number of hydrazine groups is 1. The van der Waals surface area contributed by atoms with Crippen LogP contribution in [-0.2, 0) is 33.5 Å². The Hall–Kier alpha value is -4.92. The van der Waals surface area contributed by atoms with Gasteiger partial charge < -0.3 is 30.8 Å². The number of ether oxygens (including phenoxy) is 1. The number of β-lactam (4-membered cyclic amide) rings is 1. The van der Waals surface area contributed by atoms with Gasteiger partial charge >= 0.3 is 17.9 Å². The molecule has 0 spiro atoms. The number of hydrogen-bond acceptors (Lipinski definition) is 16. The number of amidine groups is 1. The number of allylic oxidation sites excluding steroid dienone is 1. The summed E-state index contributed by atoms with van der Waals surface area (Å²) < 4.78 is 6.39. The summed E-state index contributed by atoms with van der Waals surface area (Å²) in [4.78, 5) is 75.7. The van der Waals surface area contributed by atoms with E-state index in [0.29, 0.717) is 10.5 Å². The summed E-state index contributed by atoms with van der Waals surface area (Å²) in [6, 6.07) is 8.12. The maximum atomic E-state index is 13.2. The number of thioether (sulfide) groups is 1. The van der Waals surface area contributed by atoms with Crippen molar-refractivity contribution in [1.82, 2.24) is 25.0 Å². The summed E-state index contributed by atoms with van der Waals surface area (Å²) >= 11 is 3.40. The highest BCUT2D eigenvalue weighted by Crippen LogP contribution is 2.47. The SMILES string of the molecule is C=C1S[C@@H]2[C@H](NC(=O)/C(=N\OC)c3csc(N)n3)C(=O)N2C(C(=O)O)=C1CSN1NC(C(=O)OC)=NC1c1ccccc1.CC(C)(C)C(=O)O. The number of carbonyl (C=O) groups is 5. The molecule has 2 aromatic rings. The van der Waals surface area contributed by atoms with Gasteiger partial charge in [-0.3, -0.25) is 24.7 Å². The van der Waals surface area contributed by atoms with Crippen LogP contribution in [0.3, 0.4) is 0 Å². The number of aromatic nitrogens is 1. The number of nitrogens with zero attached hydrogens (tertiary/aromatic N) is 5. The highest BCUT2D eigenvalue weighted by atomic mass is 32.2. The zero-order chi connectivity index (χ0) is 36.9. The molecule has 1 fully saturated rings. The van der Waals surface area contributed by atoms with E-state index >= 15 is 0 Å². The Bertz CT molecular complexity index is 1790. The Balaban J connectivity index is 0.000000727. The third-order valence-corrected chi connectivity index (χ3v) is 9.89. The molecule has 266 valence electrons. The first-order chi connectivity index (χ1) is 23.6. The van der Waals surface area contributed by atoms with E-state index in [1.54, 1.807) is 25.2 Å². The van der Waals surface area contributed by atoms with Crippen molar-refractivity contribution in [2.75, 3.05) is 25.7 Å². The van der Waals surface area contributed by atoms with Crippen LogP contribution in [0.5, 0.6) is 0 Å². The second-order valence-corrected chi connectivity index (χ2v) is 14.5. The van der Waals surface area contributed by atoms with Crippen LogP contribution in [0.25, 0.3) is 0 Å². The quantitative estimate of drug-likeness (QED) is 0.0770. The van der Waals surface area contributed by atoms with E-state index < -0.39 is 52.7 Å². The molecule has 3 aliphatic heterocycles. The second-order valence-electron chi connectivity index (χ2n) is 11.4. The van der Waals surface area contributed by atoms with Gasteiger partial charge in [0, 0.05) is 21.6 Å². The van der Waals surface area contributed by atoms with E-state index in [4.69, 9.17) is 20.4 Å². The van der Waals surface area contributed by atoms with Gasteiger partial charge in [0.15, 0.2) is 17.0 Å². The molecule has 2 amide bonds. The molecule has 20 heteroatoms. The first-order valence-corrected chi connectivity index (χ1v) is 17.2. The molecule has 1 aromatic heterocycles. The topological polar surface area (TPSA) is 238 Å². The number of methoxy groups -OCH3 is 1. The van der Waals surface area contributed by atoms with Gasteiger partial charge in [0.25, 0.3) is 11.8 Å². The van der Waals surface area contributed by atoms with E-state index in [9.17, 15) is 29.1 Å². The molecular weight excluding hydrogens is 713 g/mol. The molecule has 6 N–H and O–H groups in total. The van der Waals surface area contributed by atoms with Gasteiger partial charge in [-0.2, -0.15) is 0 Å². The Morgan fingerprint density at radius 1 is 1.18 bits per heavy atom. The summed E-state index contributed by atoms with van der Waals surface area (Å²) in [5.41, 5.74) is 8.79. The lowest BCUT2D eigenvalue weighted by molar-refractivity contribution is -0.150. The van der Waals surface area contributed by atoms with Crippen molar-refractivity contribution >= 4 is 81.4 Å². The van der Waals surface area contributed by atoms with Crippen LogP contribution in [0.1, 0.15) is 38.2 Å². The van der Waals surface area contributed by atoms with Gasteiger partial charge in [-0.25, -0.2) is 19.6 Å². The molecule has 0 saturated carbocycles. The number of amides is 2. The molecule has 17 nitrogen and oxygen atoms in total. The third-order valence-electron chi connectivity index (χ3n) is 6.98. The Labute approximate surface area is 298 Å². The predicted octanol–water partition coefficient (Wildman–Crippen LogP) is 2.18. The lowest BCUT2D eigenvalue weighted by Gasteiger charge is -2.49. The van der Waals surface area contributed by atoms with Crippen LogP contribution >= 0.6 is 35.0 Å². The van der Waals surface area contributed by atoms with E-state index in [2.05, 4.69) is 32.5 Å². The normalized spacial score (nSPS) is 20.4. The van der Waals surface area contributed by atoms with Crippen molar-refractivity contribution in [1.29, 1.82) is 0 Å². The monoisotopic (exact) mass is 746 g/mol. The number of carboxylic acids is 2. The van der Waals surface area contributed by atoms with Crippen molar-refractivity contribution < 1.29 is 43.8 Å². The highest BCUT2D eigenvalue weighted by Gasteiger charge is 2.55. The number of thiazole rings is 1. The van der Waals surface area contributed by atoms with Crippen LogP contribution in [0.15, 0.2) is 68.6 Å². The number of aliphatic carboxylic acids is 2. The van der Waals surface area contributed by atoms with E-state index in [1.165, 1.54) is 19.6 Å². The van der Waals surface area contributed by atoms with Gasteiger partial charge in [0.05, 0.1) is 12.5 Å². The van der Waals surface area contributed by atoms with E-state index in [-0.39, 0.29) is 33.8 Å². The molecule has 4 heterocycles. The number of carboxylic acid groups (broad SMARTS) is 2. The van der Waals surface area contributed by atoms with Crippen LogP contribution in [0, 0.1) is 5.41 Å².